The highest BCUT2D eigenvalue weighted by molar-refractivity contribution is 7.00. The average molecular weight is 446 g/mol. The van der Waals surface area contributed by atoms with Gasteiger partial charge >= 0.3 is 0 Å². The van der Waals surface area contributed by atoms with Gasteiger partial charge in [0.2, 0.25) is 0 Å². The van der Waals surface area contributed by atoms with Crippen LogP contribution in [0.15, 0.2) is 48.5 Å². The van der Waals surface area contributed by atoms with Gasteiger partial charge in [0.25, 0.3) is 6.71 Å². The molecular weight excluding hydrogens is 411 g/mol. The van der Waals surface area contributed by atoms with Gasteiger partial charge in [0, 0.05) is 49.3 Å². The van der Waals surface area contributed by atoms with Crippen LogP contribution in [0, 0.1) is 6.92 Å². The number of hydrogen-bond acceptors (Lipinski definition) is 2. The van der Waals surface area contributed by atoms with E-state index in [1.807, 2.05) is 0 Å². The SMILES string of the molecule is [2H]C12CCCCC1([2H])N1c3cccc4c3B(c3cccc2c31)c1cc(C)cc2c1N4C1([2H])CCCCC21[2H]. The van der Waals surface area contributed by atoms with Crippen molar-refractivity contribution in [3.05, 3.63) is 65.2 Å². The number of fused-ring (bicyclic) bond motifs is 10. The van der Waals surface area contributed by atoms with Gasteiger partial charge in [-0.15, -0.1) is 0 Å². The molecule has 4 unspecified atom stereocenters. The summed E-state index contributed by atoms with van der Waals surface area (Å²) in [6, 6.07) is 15.2. The van der Waals surface area contributed by atoms with Gasteiger partial charge in [-0.05, 0) is 72.3 Å². The van der Waals surface area contributed by atoms with E-state index in [1.165, 1.54) is 16.4 Å². The van der Waals surface area contributed by atoms with E-state index in [0.717, 1.165) is 65.1 Å². The zero-order chi connectivity index (χ0) is 25.8. The summed E-state index contributed by atoms with van der Waals surface area (Å²) < 4.78 is 39.4. The molecule has 2 fully saturated rings. The second kappa shape index (κ2) is 6.30. The Hall–Kier alpha value is -2.68. The molecule has 3 aromatic rings. The first kappa shape index (κ1) is 15.3. The molecule has 0 N–H and O–H groups in total. The number of hydrogen-bond donors (Lipinski definition) is 0. The van der Waals surface area contributed by atoms with Crippen LogP contribution in [0.2, 0.25) is 0 Å². The molecule has 168 valence electrons. The summed E-state index contributed by atoms with van der Waals surface area (Å²) >= 11 is 0. The molecule has 9 rings (SSSR count). The minimum absolute atomic E-state index is 0.0167. The maximum Gasteiger partial charge on any atom is 0.252 e. The summed E-state index contributed by atoms with van der Waals surface area (Å²) in [7, 11) is 0. The molecule has 0 amide bonds. The smallest absolute Gasteiger partial charge is 0.252 e. The van der Waals surface area contributed by atoms with E-state index in [4.69, 9.17) is 0 Å². The number of benzene rings is 3. The molecule has 2 aliphatic carbocycles. The van der Waals surface area contributed by atoms with E-state index >= 15 is 0 Å². The molecule has 34 heavy (non-hydrogen) atoms. The second-order valence-electron chi connectivity index (χ2n) is 11.1. The fraction of sp³-hybridized carbons (Fsp3) is 0.419. The van der Waals surface area contributed by atoms with Gasteiger partial charge in [0.15, 0.2) is 0 Å². The summed E-state index contributed by atoms with van der Waals surface area (Å²) in [6.07, 6.45) is 6.71. The van der Waals surface area contributed by atoms with Gasteiger partial charge in [-0.2, -0.15) is 0 Å². The first-order valence-corrected chi connectivity index (χ1v) is 13.3. The van der Waals surface area contributed by atoms with Crippen LogP contribution in [0.3, 0.4) is 0 Å². The zero-order valence-corrected chi connectivity index (χ0v) is 19.7. The third-order valence-corrected chi connectivity index (χ3v) is 9.32. The molecule has 0 spiro atoms. The van der Waals surface area contributed by atoms with Crippen molar-refractivity contribution < 1.29 is 5.48 Å². The van der Waals surface area contributed by atoms with Crippen molar-refractivity contribution in [3.8, 4) is 0 Å². The molecule has 0 saturated heterocycles. The molecule has 0 aromatic heterocycles. The summed E-state index contributed by atoms with van der Waals surface area (Å²) in [5.74, 6) is -1.92. The highest BCUT2D eigenvalue weighted by Crippen LogP contribution is 2.56. The lowest BCUT2D eigenvalue weighted by atomic mass is 9.33. The van der Waals surface area contributed by atoms with Crippen molar-refractivity contribution in [1.29, 1.82) is 0 Å². The minimum atomic E-state index is -1.05. The van der Waals surface area contributed by atoms with Crippen LogP contribution >= 0.6 is 0 Å². The van der Waals surface area contributed by atoms with Gasteiger partial charge in [0.1, 0.15) is 0 Å². The number of rotatable bonds is 0. The third kappa shape index (κ3) is 2.04. The Morgan fingerprint density at radius 1 is 0.735 bits per heavy atom. The van der Waals surface area contributed by atoms with Gasteiger partial charge in [-0.1, -0.05) is 67.6 Å². The predicted molar refractivity (Wildman–Crippen MR) is 143 cm³/mol. The third-order valence-electron chi connectivity index (χ3n) is 9.32. The van der Waals surface area contributed by atoms with Crippen LogP contribution in [0.5, 0.6) is 0 Å². The Labute approximate surface area is 208 Å². The molecule has 0 bridgehead atoms. The van der Waals surface area contributed by atoms with Crippen LogP contribution in [0.1, 0.15) is 85.3 Å². The van der Waals surface area contributed by atoms with E-state index in [-0.39, 0.29) is 6.71 Å². The lowest BCUT2D eigenvalue weighted by molar-refractivity contribution is 0.401. The average Bonchev–Trinajstić information content (AvgIpc) is 3.25. The van der Waals surface area contributed by atoms with E-state index in [9.17, 15) is 5.48 Å². The topological polar surface area (TPSA) is 6.48 Å². The fourth-order valence-electron chi connectivity index (χ4n) is 8.15. The summed E-state index contributed by atoms with van der Waals surface area (Å²) in [5, 5.41) is 0. The normalized spacial score (nSPS) is 39.1. The number of para-hydroxylation sites is 1. The molecule has 0 radical (unpaired) electrons. The van der Waals surface area contributed by atoms with Crippen molar-refractivity contribution in [2.45, 2.75) is 82.1 Å². The first-order chi connectivity index (χ1) is 18.2. The molecule has 2 nitrogen and oxygen atoms in total. The monoisotopic (exact) mass is 446 g/mol. The Balaban J connectivity index is 1.43. The molecule has 6 aliphatic rings. The maximum absolute atomic E-state index is 9.95. The summed E-state index contributed by atoms with van der Waals surface area (Å²) in [6.45, 7) is 2.12. The Morgan fingerprint density at radius 2 is 1.35 bits per heavy atom. The predicted octanol–water partition coefficient (Wildman–Crippen LogP) is 5.49. The maximum atomic E-state index is 9.95. The first-order valence-electron chi connectivity index (χ1n) is 15.3. The largest absolute Gasteiger partial charge is 0.338 e. The minimum Gasteiger partial charge on any atom is -0.338 e. The van der Waals surface area contributed by atoms with Crippen molar-refractivity contribution in [2.24, 2.45) is 0 Å². The van der Waals surface area contributed by atoms with Gasteiger partial charge in [-0.3, -0.25) is 0 Å². The van der Waals surface area contributed by atoms with Crippen LogP contribution in [-0.2, 0) is 0 Å². The highest BCUT2D eigenvalue weighted by Gasteiger charge is 2.53. The second-order valence-corrected chi connectivity index (χ2v) is 11.1. The molecule has 3 aromatic carbocycles. The molecule has 4 aliphatic heterocycles. The Bertz CT molecular complexity index is 1590. The number of anilines is 4. The van der Waals surface area contributed by atoms with Crippen LogP contribution in [0.25, 0.3) is 0 Å². The molecular formula is C31H31BN2. The van der Waals surface area contributed by atoms with Gasteiger partial charge in [0.05, 0.1) is 2.74 Å². The highest BCUT2D eigenvalue weighted by atomic mass is 15.2. The summed E-state index contributed by atoms with van der Waals surface area (Å²) in [4.78, 5) is 4.46. The quantitative estimate of drug-likeness (QED) is 0.421. The van der Waals surface area contributed by atoms with E-state index in [1.54, 1.807) is 0 Å². The van der Waals surface area contributed by atoms with Crippen molar-refractivity contribution in [3.63, 3.8) is 0 Å². The van der Waals surface area contributed by atoms with E-state index < -0.39 is 23.8 Å². The van der Waals surface area contributed by atoms with Crippen LogP contribution < -0.4 is 26.2 Å². The Morgan fingerprint density at radius 3 is 2.09 bits per heavy atom. The van der Waals surface area contributed by atoms with E-state index in [2.05, 4.69) is 65.3 Å². The van der Waals surface area contributed by atoms with Crippen molar-refractivity contribution >= 4 is 45.9 Å². The van der Waals surface area contributed by atoms with Crippen LogP contribution in [0.4, 0.5) is 22.7 Å². The van der Waals surface area contributed by atoms with Crippen molar-refractivity contribution in [2.75, 3.05) is 9.80 Å². The number of aryl methyl sites for hydroxylation is 1. The standard InChI is InChI=1S/C31H31BN2/c1-18-16-22-20-9-3-5-13-26(20)34-28-15-7-14-27-29(28)32(24(17-18)31(22)34)23-11-6-10-21-19-8-2-4-12-25(19)33(27)30(21)23/h6-7,10-11,14-17,19-20,25-26H,2-5,8-9,12-13H2,1H3/i19D,20D,25D,26D. The number of nitrogens with zero attached hydrogens (tertiary/aromatic N) is 2. The van der Waals surface area contributed by atoms with Gasteiger partial charge < -0.3 is 9.80 Å². The zero-order valence-electron chi connectivity index (χ0n) is 23.7. The Kier molecular flexibility index (Phi) is 2.84. The van der Waals surface area contributed by atoms with E-state index in [0.29, 0.717) is 25.7 Å². The molecule has 4 atom stereocenters. The molecule has 3 heteroatoms. The molecule has 2 saturated carbocycles. The lowest BCUT2D eigenvalue weighted by Crippen LogP contribution is -2.63. The lowest BCUT2D eigenvalue weighted by Gasteiger charge is -2.45. The fourth-order valence-corrected chi connectivity index (χ4v) is 8.15. The van der Waals surface area contributed by atoms with Crippen molar-refractivity contribution in [1.82, 2.24) is 0 Å². The summed E-state index contributed by atoms with van der Waals surface area (Å²) in [5.41, 5.74) is 11.0. The molecule has 4 heterocycles. The van der Waals surface area contributed by atoms with Crippen LogP contribution in [-0.4, -0.2) is 18.7 Å². The van der Waals surface area contributed by atoms with Gasteiger partial charge in [-0.25, -0.2) is 0 Å².